The fourth-order valence-electron chi connectivity index (χ4n) is 2.33. The third-order valence-corrected chi connectivity index (χ3v) is 3.42. The lowest BCUT2D eigenvalue weighted by atomic mass is 10.2. The van der Waals surface area contributed by atoms with E-state index in [1.54, 1.807) is 6.92 Å². The standard InChI is InChI=1S/C14H21N3O/c1-12(18)17-8-2-7-16(9-10-17)11-13-3-5-14(15)6-4-13/h3-6H,2,7-11,15H2,1H3. The van der Waals surface area contributed by atoms with Crippen molar-refractivity contribution in [1.82, 2.24) is 9.80 Å². The number of hydrogen-bond donors (Lipinski definition) is 1. The Bertz CT molecular complexity index is 402. The van der Waals surface area contributed by atoms with Gasteiger partial charge < -0.3 is 10.6 Å². The number of nitrogens with two attached hydrogens (primary N) is 1. The summed E-state index contributed by atoms with van der Waals surface area (Å²) in [6, 6.07) is 8.02. The molecule has 1 aliphatic heterocycles. The van der Waals surface area contributed by atoms with E-state index in [4.69, 9.17) is 5.73 Å². The Balaban J connectivity index is 1.90. The molecule has 1 amide bonds. The summed E-state index contributed by atoms with van der Waals surface area (Å²) in [6.45, 7) is 6.30. The van der Waals surface area contributed by atoms with Gasteiger partial charge in [0, 0.05) is 45.3 Å². The first-order valence-electron chi connectivity index (χ1n) is 6.47. The zero-order chi connectivity index (χ0) is 13.0. The van der Waals surface area contributed by atoms with Gasteiger partial charge in [-0.15, -0.1) is 0 Å². The van der Waals surface area contributed by atoms with Crippen molar-refractivity contribution in [1.29, 1.82) is 0 Å². The molecule has 1 aromatic rings. The number of nitrogens with zero attached hydrogens (tertiary/aromatic N) is 2. The average Bonchev–Trinajstić information content (AvgIpc) is 2.58. The summed E-state index contributed by atoms with van der Waals surface area (Å²) < 4.78 is 0. The monoisotopic (exact) mass is 247 g/mol. The Morgan fingerprint density at radius 3 is 2.56 bits per heavy atom. The molecule has 0 atom stereocenters. The maximum absolute atomic E-state index is 11.3. The normalized spacial score (nSPS) is 17.5. The van der Waals surface area contributed by atoms with Gasteiger partial charge in [-0.25, -0.2) is 0 Å². The van der Waals surface area contributed by atoms with E-state index < -0.39 is 0 Å². The van der Waals surface area contributed by atoms with E-state index in [0.717, 1.165) is 44.8 Å². The number of hydrogen-bond acceptors (Lipinski definition) is 3. The zero-order valence-corrected chi connectivity index (χ0v) is 10.9. The van der Waals surface area contributed by atoms with Crippen LogP contribution >= 0.6 is 0 Å². The molecule has 1 aliphatic rings. The minimum atomic E-state index is 0.185. The second-order valence-electron chi connectivity index (χ2n) is 4.88. The van der Waals surface area contributed by atoms with Crippen molar-refractivity contribution in [2.24, 2.45) is 0 Å². The molecule has 2 N–H and O–H groups in total. The summed E-state index contributed by atoms with van der Waals surface area (Å²) in [6.07, 6.45) is 1.05. The van der Waals surface area contributed by atoms with Crippen LogP contribution < -0.4 is 5.73 Å². The minimum Gasteiger partial charge on any atom is -0.399 e. The third-order valence-electron chi connectivity index (χ3n) is 3.42. The van der Waals surface area contributed by atoms with E-state index >= 15 is 0 Å². The quantitative estimate of drug-likeness (QED) is 0.802. The smallest absolute Gasteiger partial charge is 0.219 e. The molecule has 0 saturated carbocycles. The van der Waals surface area contributed by atoms with Crippen LogP contribution in [0.25, 0.3) is 0 Å². The van der Waals surface area contributed by atoms with E-state index in [1.807, 2.05) is 17.0 Å². The van der Waals surface area contributed by atoms with Crippen molar-refractivity contribution in [2.75, 3.05) is 31.9 Å². The van der Waals surface area contributed by atoms with Crippen LogP contribution in [0.2, 0.25) is 0 Å². The molecule has 18 heavy (non-hydrogen) atoms. The Hall–Kier alpha value is -1.55. The number of amides is 1. The number of carbonyl (C=O) groups excluding carboxylic acids is 1. The van der Waals surface area contributed by atoms with Crippen LogP contribution in [0.1, 0.15) is 18.9 Å². The maximum Gasteiger partial charge on any atom is 0.219 e. The van der Waals surface area contributed by atoms with Crippen molar-refractivity contribution in [3.63, 3.8) is 0 Å². The second-order valence-corrected chi connectivity index (χ2v) is 4.88. The van der Waals surface area contributed by atoms with E-state index in [1.165, 1.54) is 5.56 Å². The van der Waals surface area contributed by atoms with Gasteiger partial charge in [0.05, 0.1) is 0 Å². The molecule has 0 aromatic heterocycles. The molecule has 4 heteroatoms. The SMILES string of the molecule is CC(=O)N1CCCN(Cc2ccc(N)cc2)CC1. The molecule has 2 rings (SSSR count). The Labute approximate surface area is 108 Å². The molecule has 0 bridgehead atoms. The van der Waals surface area contributed by atoms with Crippen molar-refractivity contribution in [2.45, 2.75) is 19.9 Å². The van der Waals surface area contributed by atoms with E-state index in [-0.39, 0.29) is 5.91 Å². The van der Waals surface area contributed by atoms with Crippen LogP contribution in [-0.4, -0.2) is 41.9 Å². The predicted molar refractivity (Wildman–Crippen MR) is 73.0 cm³/mol. The van der Waals surface area contributed by atoms with Gasteiger partial charge in [0.15, 0.2) is 0 Å². The van der Waals surface area contributed by atoms with E-state index in [0.29, 0.717) is 0 Å². The average molecular weight is 247 g/mol. The largest absolute Gasteiger partial charge is 0.399 e. The van der Waals surface area contributed by atoms with Crippen LogP contribution in [-0.2, 0) is 11.3 Å². The molecule has 0 spiro atoms. The number of benzene rings is 1. The molecule has 1 aromatic carbocycles. The first-order valence-corrected chi connectivity index (χ1v) is 6.47. The van der Waals surface area contributed by atoms with Gasteiger partial charge in [0.25, 0.3) is 0 Å². The molecule has 1 heterocycles. The lowest BCUT2D eigenvalue weighted by molar-refractivity contribution is -0.128. The minimum absolute atomic E-state index is 0.185. The zero-order valence-electron chi connectivity index (χ0n) is 10.9. The van der Waals surface area contributed by atoms with Crippen molar-refractivity contribution in [3.05, 3.63) is 29.8 Å². The third kappa shape index (κ3) is 3.47. The molecule has 4 nitrogen and oxygen atoms in total. The van der Waals surface area contributed by atoms with Gasteiger partial charge in [-0.3, -0.25) is 9.69 Å². The van der Waals surface area contributed by atoms with Gasteiger partial charge in [-0.2, -0.15) is 0 Å². The summed E-state index contributed by atoms with van der Waals surface area (Å²) in [7, 11) is 0. The Kier molecular flexibility index (Phi) is 4.20. The Morgan fingerprint density at radius 1 is 1.17 bits per heavy atom. The molecule has 0 radical (unpaired) electrons. The summed E-state index contributed by atoms with van der Waals surface area (Å²) in [5.74, 6) is 0.185. The topological polar surface area (TPSA) is 49.6 Å². The molecule has 1 saturated heterocycles. The Morgan fingerprint density at radius 2 is 1.89 bits per heavy atom. The summed E-state index contributed by atoms with van der Waals surface area (Å²) in [5.41, 5.74) is 7.76. The molecule has 1 fully saturated rings. The van der Waals surface area contributed by atoms with Gasteiger partial charge in [0.1, 0.15) is 0 Å². The lowest BCUT2D eigenvalue weighted by Gasteiger charge is -2.21. The number of anilines is 1. The molecule has 0 aliphatic carbocycles. The number of nitrogen functional groups attached to an aromatic ring is 1. The van der Waals surface area contributed by atoms with Gasteiger partial charge in [0.2, 0.25) is 5.91 Å². The van der Waals surface area contributed by atoms with Crippen molar-refractivity contribution in [3.8, 4) is 0 Å². The van der Waals surface area contributed by atoms with Crippen LogP contribution in [0.5, 0.6) is 0 Å². The molecule has 98 valence electrons. The molecule has 0 unspecified atom stereocenters. The summed E-state index contributed by atoms with van der Waals surface area (Å²) >= 11 is 0. The first kappa shape index (κ1) is 12.9. The van der Waals surface area contributed by atoms with Crippen LogP contribution in [0, 0.1) is 0 Å². The number of rotatable bonds is 2. The predicted octanol–water partition coefficient (Wildman–Crippen LogP) is 1.32. The fraction of sp³-hybridized carbons (Fsp3) is 0.500. The highest BCUT2D eigenvalue weighted by Gasteiger charge is 2.16. The first-order chi connectivity index (χ1) is 8.65. The highest BCUT2D eigenvalue weighted by atomic mass is 16.2. The summed E-state index contributed by atoms with van der Waals surface area (Å²) in [4.78, 5) is 15.7. The van der Waals surface area contributed by atoms with Crippen LogP contribution in [0.3, 0.4) is 0 Å². The van der Waals surface area contributed by atoms with Crippen LogP contribution in [0.4, 0.5) is 5.69 Å². The highest BCUT2D eigenvalue weighted by molar-refractivity contribution is 5.73. The van der Waals surface area contributed by atoms with Gasteiger partial charge >= 0.3 is 0 Å². The van der Waals surface area contributed by atoms with Crippen molar-refractivity contribution < 1.29 is 4.79 Å². The highest BCUT2D eigenvalue weighted by Crippen LogP contribution is 2.11. The van der Waals surface area contributed by atoms with Gasteiger partial charge in [-0.05, 0) is 24.1 Å². The molecular formula is C14H21N3O. The fourth-order valence-corrected chi connectivity index (χ4v) is 2.33. The lowest BCUT2D eigenvalue weighted by Crippen LogP contribution is -2.33. The van der Waals surface area contributed by atoms with E-state index in [2.05, 4.69) is 17.0 Å². The van der Waals surface area contributed by atoms with Crippen LogP contribution in [0.15, 0.2) is 24.3 Å². The van der Waals surface area contributed by atoms with Crippen molar-refractivity contribution >= 4 is 11.6 Å². The second kappa shape index (κ2) is 5.87. The van der Waals surface area contributed by atoms with Gasteiger partial charge in [-0.1, -0.05) is 12.1 Å². The number of carbonyl (C=O) groups is 1. The molecular weight excluding hydrogens is 226 g/mol. The maximum atomic E-state index is 11.3. The summed E-state index contributed by atoms with van der Waals surface area (Å²) in [5, 5.41) is 0. The van der Waals surface area contributed by atoms with E-state index in [9.17, 15) is 4.79 Å².